The molecule has 0 radical (unpaired) electrons. The maximum absolute atomic E-state index is 10.6. The molecule has 1 aromatic heterocycles. The minimum Gasteiger partial charge on any atom is -0.478 e. The molecule has 146 valence electrons. The molecule has 0 bridgehead atoms. The molecule has 0 fully saturated rings. The van der Waals surface area contributed by atoms with Crippen LogP contribution in [0.3, 0.4) is 0 Å². The number of aliphatic carboxylic acids is 1. The molecule has 1 N–H and O–H groups in total. The molecule has 0 aliphatic heterocycles. The molecule has 3 aromatic rings. The average molecular weight is 479 g/mol. The number of carboxylic acid groups (broad SMARTS) is 1. The molecule has 2 aromatic carbocycles. The average Bonchev–Trinajstić information content (AvgIpc) is 2.95. The molecular formula is C22H21BrClNO2S. The molecule has 0 saturated carbocycles. The fraction of sp³-hybridized carbons (Fsp3) is 0.227. The van der Waals surface area contributed by atoms with Crippen LogP contribution in [0.4, 0.5) is 0 Å². The maximum Gasteiger partial charge on any atom is 0.327 e. The van der Waals surface area contributed by atoms with Crippen molar-refractivity contribution in [2.75, 3.05) is 6.26 Å². The Morgan fingerprint density at radius 1 is 1.25 bits per heavy atom. The van der Waals surface area contributed by atoms with Crippen LogP contribution in [0.2, 0.25) is 5.02 Å². The van der Waals surface area contributed by atoms with Gasteiger partial charge in [-0.15, -0.1) is 11.8 Å². The van der Waals surface area contributed by atoms with Crippen LogP contribution in [0, 0.1) is 0 Å². The minimum atomic E-state index is -0.901. The summed E-state index contributed by atoms with van der Waals surface area (Å²) in [6.45, 7) is 0.819. The standard InChI is InChI=1S/C22H21BrClNO2S/c1-28-19-7-5-6-18-21(19)17(14-15-9-11-16(24)12-10-15)22(23)25(18)13-4-2-3-8-20(26)27/h3,5-12H,2,4,13-14H2,1H3,(H,26,27)/b8-3-. The van der Waals surface area contributed by atoms with Gasteiger partial charge in [-0.3, -0.25) is 0 Å². The summed E-state index contributed by atoms with van der Waals surface area (Å²) in [5.41, 5.74) is 3.68. The zero-order valence-electron chi connectivity index (χ0n) is 15.5. The van der Waals surface area contributed by atoms with E-state index in [1.54, 1.807) is 17.8 Å². The van der Waals surface area contributed by atoms with Crippen LogP contribution >= 0.6 is 39.3 Å². The second-order valence-electron chi connectivity index (χ2n) is 6.46. The van der Waals surface area contributed by atoms with E-state index in [2.05, 4.69) is 57.1 Å². The first-order valence-electron chi connectivity index (χ1n) is 8.98. The number of rotatable bonds is 8. The predicted octanol–water partition coefficient (Wildman–Crippen LogP) is 6.79. The van der Waals surface area contributed by atoms with Crippen molar-refractivity contribution in [3.63, 3.8) is 0 Å². The first-order chi connectivity index (χ1) is 13.5. The highest BCUT2D eigenvalue weighted by Gasteiger charge is 2.18. The van der Waals surface area contributed by atoms with Gasteiger partial charge in [-0.1, -0.05) is 35.9 Å². The quantitative estimate of drug-likeness (QED) is 0.220. The summed E-state index contributed by atoms with van der Waals surface area (Å²) in [6, 6.07) is 14.4. The van der Waals surface area contributed by atoms with Gasteiger partial charge in [-0.2, -0.15) is 0 Å². The van der Waals surface area contributed by atoms with E-state index in [9.17, 15) is 4.79 Å². The number of hydrogen-bond acceptors (Lipinski definition) is 2. The van der Waals surface area contributed by atoms with Crippen LogP contribution < -0.4 is 0 Å². The zero-order valence-corrected chi connectivity index (χ0v) is 18.6. The summed E-state index contributed by atoms with van der Waals surface area (Å²) in [6.07, 6.45) is 7.44. The van der Waals surface area contributed by atoms with Gasteiger partial charge >= 0.3 is 5.97 Å². The Morgan fingerprint density at radius 2 is 2.00 bits per heavy atom. The number of nitrogens with zero attached hydrogens (tertiary/aromatic N) is 1. The fourth-order valence-electron chi connectivity index (χ4n) is 3.33. The number of aryl methyl sites for hydroxylation is 1. The van der Waals surface area contributed by atoms with Crippen LogP contribution in [0.5, 0.6) is 0 Å². The van der Waals surface area contributed by atoms with E-state index >= 15 is 0 Å². The van der Waals surface area contributed by atoms with Crippen molar-refractivity contribution in [2.24, 2.45) is 0 Å². The van der Waals surface area contributed by atoms with Crippen molar-refractivity contribution < 1.29 is 9.90 Å². The van der Waals surface area contributed by atoms with Crippen molar-refractivity contribution >= 4 is 56.2 Å². The number of unbranched alkanes of at least 4 members (excludes halogenated alkanes) is 1. The van der Waals surface area contributed by atoms with Gasteiger partial charge in [0.1, 0.15) is 0 Å². The molecule has 3 nitrogen and oxygen atoms in total. The van der Waals surface area contributed by atoms with Crippen molar-refractivity contribution in [1.82, 2.24) is 4.57 Å². The Balaban J connectivity index is 1.96. The highest BCUT2D eigenvalue weighted by Crippen LogP contribution is 2.38. The van der Waals surface area contributed by atoms with Crippen LogP contribution in [0.15, 0.2) is 64.1 Å². The maximum atomic E-state index is 10.6. The topological polar surface area (TPSA) is 42.2 Å². The SMILES string of the molecule is CSc1cccc2c1c(Cc1ccc(Cl)cc1)c(Br)n2CCC/C=C\C(=O)O. The lowest BCUT2D eigenvalue weighted by atomic mass is 10.0. The van der Waals surface area contributed by atoms with Gasteiger partial charge in [0.2, 0.25) is 0 Å². The van der Waals surface area contributed by atoms with Crippen molar-refractivity contribution in [3.05, 3.63) is 75.4 Å². The number of carboxylic acids is 1. The Hall–Kier alpha value is -1.69. The van der Waals surface area contributed by atoms with E-state index in [1.165, 1.54) is 33.0 Å². The number of hydrogen-bond donors (Lipinski definition) is 1. The molecule has 0 atom stereocenters. The molecule has 0 aliphatic rings. The van der Waals surface area contributed by atoms with E-state index in [-0.39, 0.29) is 0 Å². The van der Waals surface area contributed by atoms with Gasteiger partial charge in [0.15, 0.2) is 0 Å². The van der Waals surface area contributed by atoms with Gasteiger partial charge in [-0.05, 0) is 70.4 Å². The van der Waals surface area contributed by atoms with E-state index < -0.39 is 5.97 Å². The lowest BCUT2D eigenvalue weighted by Gasteiger charge is -2.07. The molecule has 0 aliphatic carbocycles. The predicted molar refractivity (Wildman–Crippen MR) is 122 cm³/mol. The van der Waals surface area contributed by atoms with Gasteiger partial charge in [0.05, 0.1) is 10.1 Å². The highest BCUT2D eigenvalue weighted by molar-refractivity contribution is 9.10. The van der Waals surface area contributed by atoms with Crippen LogP contribution in [0.1, 0.15) is 24.0 Å². The number of benzene rings is 2. The molecule has 6 heteroatoms. The fourth-order valence-corrected chi connectivity index (χ4v) is 4.81. The summed E-state index contributed by atoms with van der Waals surface area (Å²) < 4.78 is 3.37. The van der Waals surface area contributed by atoms with Gasteiger partial charge in [0.25, 0.3) is 0 Å². The molecular weight excluding hydrogens is 458 g/mol. The number of thioether (sulfide) groups is 1. The third-order valence-electron chi connectivity index (χ3n) is 4.61. The zero-order chi connectivity index (χ0) is 20.1. The third-order valence-corrected chi connectivity index (χ3v) is 6.55. The second-order valence-corrected chi connectivity index (χ2v) is 8.50. The molecule has 3 rings (SSSR count). The molecule has 0 saturated heterocycles. The summed E-state index contributed by atoms with van der Waals surface area (Å²) in [5.74, 6) is -0.901. The second kappa shape index (κ2) is 9.68. The van der Waals surface area contributed by atoms with Crippen molar-refractivity contribution in [1.29, 1.82) is 0 Å². The third kappa shape index (κ3) is 4.83. The summed E-state index contributed by atoms with van der Waals surface area (Å²) >= 11 is 11.6. The molecule has 0 unspecified atom stereocenters. The summed E-state index contributed by atoms with van der Waals surface area (Å²) in [4.78, 5) is 11.9. The lowest BCUT2D eigenvalue weighted by Crippen LogP contribution is -1.98. The minimum absolute atomic E-state index is 0.729. The van der Waals surface area contributed by atoms with Crippen molar-refractivity contribution in [3.8, 4) is 0 Å². The first kappa shape index (κ1) is 21.0. The largest absolute Gasteiger partial charge is 0.478 e. The molecule has 28 heavy (non-hydrogen) atoms. The normalized spacial score (nSPS) is 11.5. The Kier molecular flexibility index (Phi) is 7.27. The van der Waals surface area contributed by atoms with Gasteiger partial charge in [-0.25, -0.2) is 4.79 Å². The molecule has 0 amide bonds. The van der Waals surface area contributed by atoms with Crippen LogP contribution in [0.25, 0.3) is 10.9 Å². The van der Waals surface area contributed by atoms with E-state index in [4.69, 9.17) is 16.7 Å². The Bertz CT molecular complexity index is 1010. The number of halogens is 2. The Morgan fingerprint density at radius 3 is 2.68 bits per heavy atom. The monoisotopic (exact) mass is 477 g/mol. The Labute approximate surface area is 182 Å². The number of aromatic nitrogens is 1. The molecule has 1 heterocycles. The first-order valence-corrected chi connectivity index (χ1v) is 11.4. The number of fused-ring (bicyclic) bond motifs is 1. The highest BCUT2D eigenvalue weighted by atomic mass is 79.9. The number of carbonyl (C=O) groups is 1. The summed E-state index contributed by atoms with van der Waals surface area (Å²) in [7, 11) is 0. The van der Waals surface area contributed by atoms with Gasteiger partial charge in [0, 0.05) is 34.3 Å². The van der Waals surface area contributed by atoms with Crippen LogP contribution in [-0.2, 0) is 17.8 Å². The van der Waals surface area contributed by atoms with E-state index in [0.717, 1.165) is 35.4 Å². The number of allylic oxidation sites excluding steroid dienone is 1. The van der Waals surface area contributed by atoms with E-state index in [0.29, 0.717) is 0 Å². The van der Waals surface area contributed by atoms with Crippen LogP contribution in [-0.4, -0.2) is 21.9 Å². The smallest absolute Gasteiger partial charge is 0.327 e. The van der Waals surface area contributed by atoms with Crippen molar-refractivity contribution in [2.45, 2.75) is 30.7 Å². The molecule has 0 spiro atoms. The summed E-state index contributed by atoms with van der Waals surface area (Å²) in [5, 5.41) is 10.7. The van der Waals surface area contributed by atoms with E-state index in [1.807, 2.05) is 12.1 Å². The lowest BCUT2D eigenvalue weighted by molar-refractivity contribution is -0.131. The van der Waals surface area contributed by atoms with Gasteiger partial charge < -0.3 is 9.67 Å².